The summed E-state index contributed by atoms with van der Waals surface area (Å²) in [6.45, 7) is 0. The van der Waals surface area contributed by atoms with Gasteiger partial charge in [-0.1, -0.05) is 48.5 Å². The molecule has 0 fully saturated rings. The maximum Gasteiger partial charge on any atom is 0.255 e. The maximum atomic E-state index is 12.7. The third-order valence-electron chi connectivity index (χ3n) is 5.85. The number of H-pyrrole nitrogens is 1. The molecule has 0 spiro atoms. The van der Waals surface area contributed by atoms with Gasteiger partial charge in [-0.15, -0.1) is 0 Å². The van der Waals surface area contributed by atoms with Crippen molar-refractivity contribution < 1.29 is 4.79 Å². The molecule has 148 valence electrons. The molecule has 0 bridgehead atoms. The molecule has 2 N–H and O–H groups in total. The van der Waals surface area contributed by atoms with Crippen molar-refractivity contribution in [3.8, 4) is 11.1 Å². The highest BCUT2D eigenvalue weighted by Crippen LogP contribution is 2.27. The van der Waals surface area contributed by atoms with Gasteiger partial charge < -0.3 is 10.3 Å². The van der Waals surface area contributed by atoms with Crippen LogP contribution in [0, 0.1) is 0 Å². The number of hydrogen-bond acceptors (Lipinski definition) is 2. The predicted octanol–water partition coefficient (Wildman–Crippen LogP) is 5.33. The number of fused-ring (bicyclic) bond motifs is 3. The molecule has 0 saturated heterocycles. The molecule has 4 nitrogen and oxygen atoms in total. The fourth-order valence-electron chi connectivity index (χ4n) is 4.29. The number of pyridine rings is 1. The molecule has 5 rings (SSSR count). The van der Waals surface area contributed by atoms with E-state index in [1.54, 1.807) is 0 Å². The zero-order chi connectivity index (χ0) is 20.5. The number of anilines is 1. The van der Waals surface area contributed by atoms with Crippen LogP contribution in [-0.4, -0.2) is 10.9 Å². The van der Waals surface area contributed by atoms with E-state index in [0.717, 1.165) is 58.8 Å². The minimum Gasteiger partial charge on any atom is -0.322 e. The van der Waals surface area contributed by atoms with Gasteiger partial charge in [0.2, 0.25) is 0 Å². The largest absolute Gasteiger partial charge is 0.322 e. The second kappa shape index (κ2) is 7.64. The second-order valence-electron chi connectivity index (χ2n) is 7.78. The number of rotatable bonds is 3. The Balaban J connectivity index is 1.40. The molecule has 0 unspecified atom stereocenters. The van der Waals surface area contributed by atoms with Crippen molar-refractivity contribution >= 4 is 22.5 Å². The standard InChI is InChI=1S/C26H22N2O2/c29-25(19-12-10-18(11-13-19)17-6-2-1-3-7-17)27-20-14-15-22-21-8-4-5-9-23(21)26(30)28-24(22)16-20/h1-3,6-7,10-16H,4-5,8-9H2,(H,27,29)(H,28,30). The number of hydrogen-bond donors (Lipinski definition) is 2. The third kappa shape index (κ3) is 3.41. The Morgan fingerprint density at radius 1 is 0.800 bits per heavy atom. The van der Waals surface area contributed by atoms with Gasteiger partial charge >= 0.3 is 0 Å². The normalized spacial score (nSPS) is 13.1. The van der Waals surface area contributed by atoms with Crippen LogP contribution >= 0.6 is 0 Å². The number of nitrogens with one attached hydrogen (secondary N) is 2. The summed E-state index contributed by atoms with van der Waals surface area (Å²) in [6, 6.07) is 23.4. The van der Waals surface area contributed by atoms with Gasteiger partial charge in [0.15, 0.2) is 0 Å². The van der Waals surface area contributed by atoms with Crippen molar-refractivity contribution in [1.82, 2.24) is 4.98 Å². The molecule has 1 amide bonds. The Labute approximate surface area is 174 Å². The lowest BCUT2D eigenvalue weighted by atomic mass is 9.90. The van der Waals surface area contributed by atoms with E-state index in [2.05, 4.69) is 10.3 Å². The van der Waals surface area contributed by atoms with Crippen molar-refractivity contribution in [2.75, 3.05) is 5.32 Å². The number of carbonyl (C=O) groups is 1. The summed E-state index contributed by atoms with van der Waals surface area (Å²) in [5.74, 6) is -0.172. The minimum atomic E-state index is -0.172. The molecule has 0 radical (unpaired) electrons. The highest BCUT2D eigenvalue weighted by atomic mass is 16.1. The van der Waals surface area contributed by atoms with Gasteiger partial charge in [0.1, 0.15) is 0 Å². The van der Waals surface area contributed by atoms with Crippen LogP contribution in [0.2, 0.25) is 0 Å². The number of aromatic amines is 1. The first-order valence-corrected chi connectivity index (χ1v) is 10.3. The summed E-state index contributed by atoms with van der Waals surface area (Å²) in [5, 5.41) is 4.03. The summed E-state index contributed by atoms with van der Waals surface area (Å²) in [6.07, 6.45) is 3.97. The fourth-order valence-corrected chi connectivity index (χ4v) is 4.29. The summed E-state index contributed by atoms with van der Waals surface area (Å²) >= 11 is 0. The predicted molar refractivity (Wildman–Crippen MR) is 121 cm³/mol. The Morgan fingerprint density at radius 2 is 1.50 bits per heavy atom. The van der Waals surface area contributed by atoms with E-state index < -0.39 is 0 Å². The average molecular weight is 394 g/mol. The fraction of sp³-hybridized carbons (Fsp3) is 0.154. The SMILES string of the molecule is O=C(Nc1ccc2c3c(c(=O)[nH]c2c1)CCCC3)c1ccc(-c2ccccc2)cc1. The number of aryl methyl sites for hydroxylation is 1. The van der Waals surface area contributed by atoms with Crippen molar-refractivity contribution in [2.45, 2.75) is 25.7 Å². The molecule has 4 aromatic rings. The topological polar surface area (TPSA) is 62.0 Å². The van der Waals surface area contributed by atoms with Gasteiger partial charge in [0, 0.05) is 22.2 Å². The minimum absolute atomic E-state index is 0.00261. The van der Waals surface area contributed by atoms with E-state index in [9.17, 15) is 9.59 Å². The first kappa shape index (κ1) is 18.4. The lowest BCUT2D eigenvalue weighted by Gasteiger charge is -2.17. The molecular weight excluding hydrogens is 372 g/mol. The molecule has 4 heteroatoms. The monoisotopic (exact) mass is 394 g/mol. The molecule has 0 saturated carbocycles. The Kier molecular flexibility index (Phi) is 4.68. The van der Waals surface area contributed by atoms with E-state index in [1.165, 1.54) is 0 Å². The lowest BCUT2D eigenvalue weighted by molar-refractivity contribution is 0.102. The quantitative estimate of drug-likeness (QED) is 0.494. The van der Waals surface area contributed by atoms with Crippen LogP contribution in [0.5, 0.6) is 0 Å². The number of amides is 1. The van der Waals surface area contributed by atoms with Crippen molar-refractivity contribution in [3.63, 3.8) is 0 Å². The van der Waals surface area contributed by atoms with Crippen LogP contribution in [0.3, 0.4) is 0 Å². The zero-order valence-electron chi connectivity index (χ0n) is 16.6. The van der Waals surface area contributed by atoms with Crippen LogP contribution in [0.1, 0.15) is 34.3 Å². The molecule has 3 aromatic carbocycles. The van der Waals surface area contributed by atoms with Gasteiger partial charge in [-0.05, 0) is 66.6 Å². The first-order chi connectivity index (χ1) is 14.7. The van der Waals surface area contributed by atoms with Gasteiger partial charge in [0.05, 0.1) is 5.52 Å². The van der Waals surface area contributed by atoms with Crippen LogP contribution in [0.4, 0.5) is 5.69 Å². The third-order valence-corrected chi connectivity index (χ3v) is 5.85. The molecule has 0 aliphatic heterocycles. The molecule has 30 heavy (non-hydrogen) atoms. The van der Waals surface area contributed by atoms with Gasteiger partial charge in [-0.25, -0.2) is 0 Å². The van der Waals surface area contributed by atoms with Crippen LogP contribution in [0.25, 0.3) is 22.0 Å². The highest BCUT2D eigenvalue weighted by Gasteiger charge is 2.16. The van der Waals surface area contributed by atoms with E-state index >= 15 is 0 Å². The molecule has 1 aromatic heterocycles. The summed E-state index contributed by atoms with van der Waals surface area (Å²) in [5.41, 5.74) is 6.31. The summed E-state index contributed by atoms with van der Waals surface area (Å²) in [4.78, 5) is 28.1. The number of carbonyl (C=O) groups excluding carboxylic acids is 1. The molecule has 0 atom stereocenters. The zero-order valence-corrected chi connectivity index (χ0v) is 16.6. The van der Waals surface area contributed by atoms with Gasteiger partial charge in [-0.3, -0.25) is 9.59 Å². The van der Waals surface area contributed by atoms with E-state index in [-0.39, 0.29) is 11.5 Å². The first-order valence-electron chi connectivity index (χ1n) is 10.3. The number of aromatic nitrogens is 1. The molecule has 1 aliphatic carbocycles. The average Bonchev–Trinajstić information content (AvgIpc) is 2.80. The Bertz CT molecular complexity index is 1290. The van der Waals surface area contributed by atoms with E-state index in [0.29, 0.717) is 11.3 Å². The van der Waals surface area contributed by atoms with E-state index in [4.69, 9.17) is 0 Å². The van der Waals surface area contributed by atoms with Gasteiger partial charge in [0.25, 0.3) is 11.5 Å². The van der Waals surface area contributed by atoms with Crippen LogP contribution < -0.4 is 10.9 Å². The van der Waals surface area contributed by atoms with Crippen LogP contribution in [0.15, 0.2) is 77.6 Å². The lowest BCUT2D eigenvalue weighted by Crippen LogP contribution is -2.19. The molecular formula is C26H22N2O2. The maximum absolute atomic E-state index is 12.7. The van der Waals surface area contributed by atoms with Gasteiger partial charge in [-0.2, -0.15) is 0 Å². The van der Waals surface area contributed by atoms with Crippen LogP contribution in [-0.2, 0) is 12.8 Å². The van der Waals surface area contributed by atoms with Crippen molar-refractivity contribution in [3.05, 3.63) is 99.8 Å². The molecule has 1 aliphatic rings. The number of benzene rings is 3. The summed E-state index contributed by atoms with van der Waals surface area (Å²) < 4.78 is 0. The molecule has 1 heterocycles. The smallest absolute Gasteiger partial charge is 0.255 e. The Hall–Kier alpha value is -3.66. The Morgan fingerprint density at radius 3 is 2.27 bits per heavy atom. The van der Waals surface area contributed by atoms with Crippen molar-refractivity contribution in [2.24, 2.45) is 0 Å². The van der Waals surface area contributed by atoms with E-state index in [1.807, 2.05) is 72.8 Å². The summed E-state index contributed by atoms with van der Waals surface area (Å²) in [7, 11) is 0. The van der Waals surface area contributed by atoms with Crippen molar-refractivity contribution in [1.29, 1.82) is 0 Å². The second-order valence-corrected chi connectivity index (χ2v) is 7.78. The highest BCUT2D eigenvalue weighted by molar-refractivity contribution is 6.05.